The fraction of sp³-hybridized carbons (Fsp3) is 0.909. The summed E-state index contributed by atoms with van der Waals surface area (Å²) in [4.78, 5) is 11.4. The molecular weight excluding hydrogens is 272 g/mol. The monoisotopic (exact) mass is 292 g/mol. The van der Waals surface area contributed by atoms with Crippen molar-refractivity contribution in [3.05, 3.63) is 0 Å². The summed E-state index contributed by atoms with van der Waals surface area (Å²) < 4.78 is 32.7. The zero-order valence-electron chi connectivity index (χ0n) is 10.9. The average Bonchev–Trinajstić information content (AvgIpc) is 2.36. The minimum atomic E-state index is -3.50. The number of rotatable bonds is 4. The molecule has 19 heavy (non-hydrogen) atoms. The van der Waals surface area contributed by atoms with Crippen LogP contribution < -0.4 is 4.72 Å². The molecule has 0 bridgehead atoms. The van der Waals surface area contributed by atoms with Crippen LogP contribution in [-0.4, -0.2) is 56.1 Å². The first-order valence-electron chi connectivity index (χ1n) is 6.45. The van der Waals surface area contributed by atoms with Gasteiger partial charge in [-0.1, -0.05) is 0 Å². The lowest BCUT2D eigenvalue weighted by Gasteiger charge is -2.35. The highest BCUT2D eigenvalue weighted by atomic mass is 32.2. The molecule has 1 saturated heterocycles. The van der Waals surface area contributed by atoms with Gasteiger partial charge in [0.1, 0.15) is 0 Å². The Morgan fingerprint density at radius 3 is 2.37 bits per heavy atom. The van der Waals surface area contributed by atoms with E-state index in [1.54, 1.807) is 0 Å². The van der Waals surface area contributed by atoms with E-state index in [4.69, 9.17) is 5.11 Å². The highest BCUT2D eigenvalue weighted by Crippen LogP contribution is 2.23. The highest BCUT2D eigenvalue weighted by molar-refractivity contribution is 7.87. The Bertz CT molecular complexity index is 424. The van der Waals surface area contributed by atoms with Gasteiger partial charge in [-0.05, 0) is 25.7 Å². The van der Waals surface area contributed by atoms with Crippen molar-refractivity contribution >= 4 is 16.2 Å². The Hall–Kier alpha value is -0.700. The fourth-order valence-electron chi connectivity index (χ4n) is 2.47. The van der Waals surface area contributed by atoms with E-state index in [-0.39, 0.29) is 17.9 Å². The Morgan fingerprint density at radius 1 is 1.32 bits per heavy atom. The summed E-state index contributed by atoms with van der Waals surface area (Å²) in [6.07, 6.45) is 1.52. The fourth-order valence-corrected chi connectivity index (χ4v) is 3.92. The van der Waals surface area contributed by atoms with Crippen molar-refractivity contribution in [3.63, 3.8) is 0 Å². The number of ether oxygens (including phenoxy) is 1. The van der Waals surface area contributed by atoms with Gasteiger partial charge >= 0.3 is 5.97 Å². The predicted octanol–water partition coefficient (Wildman–Crippen LogP) is -0.771. The molecule has 0 aromatic rings. The molecule has 2 aliphatic rings. The number of carbonyl (C=O) groups is 1. The largest absolute Gasteiger partial charge is 0.469 e. The zero-order valence-corrected chi connectivity index (χ0v) is 11.7. The molecule has 0 unspecified atom stereocenters. The third-order valence-electron chi connectivity index (χ3n) is 3.76. The van der Waals surface area contributed by atoms with Crippen molar-refractivity contribution in [2.45, 2.75) is 37.8 Å². The molecule has 1 saturated carbocycles. The lowest BCUT2D eigenvalue weighted by atomic mass is 9.91. The lowest BCUT2D eigenvalue weighted by Crippen LogP contribution is -2.53. The van der Waals surface area contributed by atoms with Crippen LogP contribution in [0.5, 0.6) is 0 Å². The van der Waals surface area contributed by atoms with E-state index in [0.717, 1.165) is 0 Å². The van der Waals surface area contributed by atoms with E-state index in [1.807, 2.05) is 0 Å². The van der Waals surface area contributed by atoms with Gasteiger partial charge in [-0.15, -0.1) is 0 Å². The molecule has 0 amide bonds. The topological polar surface area (TPSA) is 95.9 Å². The average molecular weight is 292 g/mol. The normalized spacial score (nSPS) is 29.8. The second-order valence-corrected chi connectivity index (χ2v) is 6.84. The number of piperidine rings is 1. The second kappa shape index (κ2) is 5.74. The van der Waals surface area contributed by atoms with E-state index in [0.29, 0.717) is 38.8 Å². The van der Waals surface area contributed by atoms with E-state index < -0.39 is 16.3 Å². The van der Waals surface area contributed by atoms with Crippen LogP contribution in [0.2, 0.25) is 0 Å². The third-order valence-corrected chi connectivity index (χ3v) is 5.43. The van der Waals surface area contributed by atoms with Gasteiger partial charge in [0.15, 0.2) is 0 Å². The Labute approximate surface area is 113 Å². The number of aliphatic hydroxyl groups excluding tert-OH is 1. The maximum atomic E-state index is 12.1. The molecule has 0 radical (unpaired) electrons. The van der Waals surface area contributed by atoms with Gasteiger partial charge < -0.3 is 9.84 Å². The van der Waals surface area contributed by atoms with Crippen LogP contribution in [0.4, 0.5) is 0 Å². The van der Waals surface area contributed by atoms with Crippen molar-refractivity contribution in [1.82, 2.24) is 9.03 Å². The van der Waals surface area contributed by atoms with Crippen LogP contribution in [0.1, 0.15) is 25.7 Å². The van der Waals surface area contributed by atoms with Crippen LogP contribution in [0.3, 0.4) is 0 Å². The quantitative estimate of drug-likeness (QED) is 0.663. The SMILES string of the molecule is COC(=O)C1CCN(S(=O)(=O)NC2CC(O)C2)CC1. The minimum Gasteiger partial charge on any atom is -0.469 e. The molecule has 1 aliphatic heterocycles. The summed E-state index contributed by atoms with van der Waals surface area (Å²) in [7, 11) is -2.16. The van der Waals surface area contributed by atoms with Crippen molar-refractivity contribution < 1.29 is 23.1 Å². The lowest BCUT2D eigenvalue weighted by molar-refractivity contribution is -0.146. The van der Waals surface area contributed by atoms with Crippen LogP contribution in [0.15, 0.2) is 0 Å². The standard InChI is InChI=1S/C11H20N2O5S/c1-18-11(15)8-2-4-13(5-3-8)19(16,17)12-9-6-10(14)7-9/h8-10,12,14H,2-7H2,1H3. The Balaban J connectivity index is 1.84. The van der Waals surface area contributed by atoms with Gasteiger partial charge in [0.25, 0.3) is 10.2 Å². The summed E-state index contributed by atoms with van der Waals surface area (Å²) >= 11 is 0. The van der Waals surface area contributed by atoms with E-state index in [1.165, 1.54) is 11.4 Å². The molecule has 7 nitrogen and oxygen atoms in total. The van der Waals surface area contributed by atoms with Crippen molar-refractivity contribution in [2.75, 3.05) is 20.2 Å². The second-order valence-electron chi connectivity index (χ2n) is 5.14. The molecule has 110 valence electrons. The highest BCUT2D eigenvalue weighted by Gasteiger charge is 2.36. The van der Waals surface area contributed by atoms with Crippen LogP contribution in [-0.2, 0) is 19.7 Å². The maximum Gasteiger partial charge on any atom is 0.308 e. The number of hydrogen-bond donors (Lipinski definition) is 2. The number of nitrogens with zero attached hydrogens (tertiary/aromatic N) is 1. The van der Waals surface area contributed by atoms with Gasteiger partial charge in [-0.2, -0.15) is 17.4 Å². The Kier molecular flexibility index (Phi) is 4.44. The molecule has 0 aromatic heterocycles. The summed E-state index contributed by atoms with van der Waals surface area (Å²) in [5.41, 5.74) is 0. The first-order chi connectivity index (χ1) is 8.92. The van der Waals surface area contributed by atoms with E-state index in [9.17, 15) is 13.2 Å². The summed E-state index contributed by atoms with van der Waals surface area (Å²) in [5, 5.41) is 9.15. The molecule has 2 fully saturated rings. The molecule has 0 aromatic carbocycles. The van der Waals surface area contributed by atoms with Crippen molar-refractivity contribution in [3.8, 4) is 0 Å². The molecule has 1 aliphatic carbocycles. The molecule has 0 spiro atoms. The number of aliphatic hydroxyl groups is 1. The molecule has 2 N–H and O–H groups in total. The molecule has 1 heterocycles. The summed E-state index contributed by atoms with van der Waals surface area (Å²) in [6, 6.07) is -0.168. The predicted molar refractivity (Wildman–Crippen MR) is 67.4 cm³/mol. The van der Waals surface area contributed by atoms with Crippen LogP contribution >= 0.6 is 0 Å². The first-order valence-corrected chi connectivity index (χ1v) is 7.89. The van der Waals surface area contributed by atoms with E-state index >= 15 is 0 Å². The number of hydrogen-bond acceptors (Lipinski definition) is 5. The van der Waals surface area contributed by atoms with Gasteiger partial charge in [-0.25, -0.2) is 0 Å². The van der Waals surface area contributed by atoms with Crippen molar-refractivity contribution in [2.24, 2.45) is 5.92 Å². The molecular formula is C11H20N2O5S. The number of esters is 1. The number of nitrogens with one attached hydrogen (secondary N) is 1. The molecule has 2 rings (SSSR count). The van der Waals surface area contributed by atoms with Gasteiger partial charge in [-0.3, -0.25) is 4.79 Å². The van der Waals surface area contributed by atoms with Gasteiger partial charge in [0.2, 0.25) is 0 Å². The summed E-state index contributed by atoms with van der Waals surface area (Å²) in [6.45, 7) is 0.648. The molecule has 0 atom stereocenters. The number of carbonyl (C=O) groups excluding carboxylic acids is 1. The number of methoxy groups -OCH3 is 1. The van der Waals surface area contributed by atoms with Gasteiger partial charge in [0, 0.05) is 19.1 Å². The molecule has 8 heteroatoms. The van der Waals surface area contributed by atoms with Crippen molar-refractivity contribution in [1.29, 1.82) is 0 Å². The Morgan fingerprint density at radius 2 is 1.89 bits per heavy atom. The smallest absolute Gasteiger partial charge is 0.308 e. The third kappa shape index (κ3) is 3.44. The van der Waals surface area contributed by atoms with E-state index in [2.05, 4.69) is 9.46 Å². The zero-order chi connectivity index (χ0) is 14.0. The van der Waals surface area contributed by atoms with Crippen LogP contribution in [0.25, 0.3) is 0 Å². The maximum absolute atomic E-state index is 12.1. The van der Waals surface area contributed by atoms with Crippen LogP contribution in [0, 0.1) is 5.92 Å². The van der Waals surface area contributed by atoms with Gasteiger partial charge in [0.05, 0.1) is 19.1 Å². The first kappa shape index (κ1) is 14.7. The summed E-state index contributed by atoms with van der Waals surface area (Å²) in [5.74, 6) is -0.478. The minimum absolute atomic E-state index is 0.168.